The van der Waals surface area contributed by atoms with E-state index in [1.807, 2.05) is 0 Å². The fourth-order valence-corrected chi connectivity index (χ4v) is 3.03. The number of allylic oxidation sites excluding steroid dienone is 1. The van der Waals surface area contributed by atoms with Crippen molar-refractivity contribution in [2.45, 2.75) is 39.5 Å². The number of phosphoric ester groups is 1. The van der Waals surface area contributed by atoms with Crippen molar-refractivity contribution in [3.05, 3.63) is 11.3 Å². The van der Waals surface area contributed by atoms with E-state index in [1.165, 1.54) is 0 Å². The van der Waals surface area contributed by atoms with E-state index in [9.17, 15) is 9.36 Å². The molecule has 0 heterocycles. The average molecular weight is 278 g/mol. The Hall–Kier alpha value is -0.840. The Labute approximate surface area is 107 Å². The molecule has 1 rings (SSSR count). The van der Waals surface area contributed by atoms with Gasteiger partial charge in [0.25, 0.3) is 0 Å². The maximum atomic E-state index is 12.2. The highest BCUT2D eigenvalue weighted by molar-refractivity contribution is 7.48. The van der Waals surface area contributed by atoms with Crippen LogP contribution < -0.4 is 0 Å². The monoisotopic (exact) mass is 278 g/mol. The van der Waals surface area contributed by atoms with Crippen LogP contribution in [0, 0.1) is 0 Å². The van der Waals surface area contributed by atoms with Gasteiger partial charge in [-0.05, 0) is 33.1 Å². The number of hydrogen-bond acceptors (Lipinski definition) is 5. The van der Waals surface area contributed by atoms with Crippen molar-refractivity contribution < 1.29 is 28.0 Å². The molecule has 0 aromatic rings. The van der Waals surface area contributed by atoms with E-state index in [-0.39, 0.29) is 24.5 Å². The second-order valence-corrected chi connectivity index (χ2v) is 5.38. The van der Waals surface area contributed by atoms with Crippen LogP contribution >= 0.6 is 7.82 Å². The Morgan fingerprint density at radius 1 is 1.22 bits per heavy atom. The third-order valence-corrected chi connectivity index (χ3v) is 4.06. The number of rotatable bonds is 7. The zero-order valence-corrected chi connectivity index (χ0v) is 11.6. The zero-order chi connectivity index (χ0) is 13.6. The first-order valence-corrected chi connectivity index (χ1v) is 7.52. The van der Waals surface area contributed by atoms with Gasteiger partial charge < -0.3 is 9.63 Å². The molecule has 0 bridgehead atoms. The van der Waals surface area contributed by atoms with Crippen molar-refractivity contribution >= 4 is 13.8 Å². The van der Waals surface area contributed by atoms with Crippen molar-refractivity contribution in [2.24, 2.45) is 0 Å². The van der Waals surface area contributed by atoms with Crippen LogP contribution in [0.3, 0.4) is 0 Å². The number of carboxylic acids is 1. The lowest BCUT2D eigenvalue weighted by molar-refractivity contribution is -0.133. The summed E-state index contributed by atoms with van der Waals surface area (Å²) in [4.78, 5) is 11.1. The van der Waals surface area contributed by atoms with Gasteiger partial charge in [0.05, 0.1) is 18.8 Å². The Morgan fingerprint density at radius 3 is 2.28 bits per heavy atom. The lowest BCUT2D eigenvalue weighted by Gasteiger charge is -2.22. The summed E-state index contributed by atoms with van der Waals surface area (Å²) in [7, 11) is -3.69. The van der Waals surface area contributed by atoms with E-state index in [1.54, 1.807) is 13.8 Å². The summed E-state index contributed by atoms with van der Waals surface area (Å²) in [6.07, 6.45) is 2.47. The third kappa shape index (κ3) is 4.12. The first kappa shape index (κ1) is 15.2. The summed E-state index contributed by atoms with van der Waals surface area (Å²) in [6.45, 7) is 3.69. The SMILES string of the molecule is CCOP(=O)(OCC)OC1=C(C(=O)O)CCCC1. The molecule has 0 radical (unpaired) electrons. The second kappa shape index (κ2) is 6.92. The van der Waals surface area contributed by atoms with E-state index in [2.05, 4.69) is 0 Å². The molecule has 6 nitrogen and oxygen atoms in total. The van der Waals surface area contributed by atoms with Gasteiger partial charge in [-0.2, -0.15) is 0 Å². The second-order valence-electron chi connectivity index (χ2n) is 3.79. The molecular formula is C11H19O6P. The molecule has 0 atom stereocenters. The Morgan fingerprint density at radius 2 is 1.78 bits per heavy atom. The molecule has 1 N–H and O–H groups in total. The topological polar surface area (TPSA) is 82.1 Å². The minimum Gasteiger partial charge on any atom is -0.478 e. The Bertz CT molecular complexity index is 366. The van der Waals surface area contributed by atoms with Crippen LogP contribution in [0.5, 0.6) is 0 Å². The Kier molecular flexibility index (Phi) is 5.85. The van der Waals surface area contributed by atoms with Crippen LogP contribution in [0.25, 0.3) is 0 Å². The van der Waals surface area contributed by atoms with Crippen molar-refractivity contribution in [1.29, 1.82) is 0 Å². The lowest BCUT2D eigenvalue weighted by atomic mass is 9.98. The summed E-state index contributed by atoms with van der Waals surface area (Å²) in [5, 5.41) is 9.06. The number of hydrogen-bond donors (Lipinski definition) is 1. The van der Waals surface area contributed by atoms with Crippen LogP contribution in [0.2, 0.25) is 0 Å². The minimum atomic E-state index is -3.69. The van der Waals surface area contributed by atoms with E-state index < -0.39 is 13.8 Å². The molecule has 7 heteroatoms. The van der Waals surface area contributed by atoms with Crippen molar-refractivity contribution in [1.82, 2.24) is 0 Å². The van der Waals surface area contributed by atoms with Gasteiger partial charge in [0.15, 0.2) is 0 Å². The maximum absolute atomic E-state index is 12.2. The van der Waals surface area contributed by atoms with Gasteiger partial charge in [-0.1, -0.05) is 0 Å². The smallest absolute Gasteiger partial charge is 0.478 e. The summed E-state index contributed by atoms with van der Waals surface area (Å²) in [5.74, 6) is -0.816. The van der Waals surface area contributed by atoms with Gasteiger partial charge >= 0.3 is 13.8 Å². The molecule has 1 aliphatic rings. The molecule has 0 fully saturated rings. The largest absolute Gasteiger partial charge is 0.529 e. The maximum Gasteiger partial charge on any atom is 0.529 e. The van der Waals surface area contributed by atoms with E-state index in [0.717, 1.165) is 12.8 Å². The lowest BCUT2D eigenvalue weighted by Crippen LogP contribution is -2.12. The van der Waals surface area contributed by atoms with Crippen LogP contribution in [0.15, 0.2) is 11.3 Å². The number of carbonyl (C=O) groups is 1. The molecule has 0 aromatic carbocycles. The molecule has 0 amide bonds. The van der Waals surface area contributed by atoms with Gasteiger partial charge in [0.1, 0.15) is 5.76 Å². The van der Waals surface area contributed by atoms with Gasteiger partial charge in [-0.3, -0.25) is 9.05 Å². The van der Waals surface area contributed by atoms with Gasteiger partial charge in [0.2, 0.25) is 0 Å². The molecule has 0 aromatic heterocycles. The summed E-state index contributed by atoms with van der Waals surface area (Å²) in [6, 6.07) is 0. The first-order chi connectivity index (χ1) is 8.52. The average Bonchev–Trinajstić information content (AvgIpc) is 2.29. The van der Waals surface area contributed by atoms with Crippen LogP contribution in [-0.4, -0.2) is 24.3 Å². The fraction of sp³-hybridized carbons (Fsp3) is 0.727. The van der Waals surface area contributed by atoms with Crippen LogP contribution in [0.4, 0.5) is 0 Å². The summed E-state index contributed by atoms with van der Waals surface area (Å²) in [5.41, 5.74) is 0.167. The first-order valence-electron chi connectivity index (χ1n) is 6.06. The zero-order valence-electron chi connectivity index (χ0n) is 10.7. The number of aliphatic carboxylic acids is 1. The number of phosphoric acid groups is 1. The van der Waals surface area contributed by atoms with Crippen LogP contribution in [-0.2, 0) is 22.9 Å². The Balaban J connectivity index is 2.90. The van der Waals surface area contributed by atoms with Crippen LogP contribution in [0.1, 0.15) is 39.5 Å². The molecule has 0 saturated heterocycles. The fourth-order valence-electron chi connectivity index (χ4n) is 1.75. The highest BCUT2D eigenvalue weighted by Gasteiger charge is 2.31. The van der Waals surface area contributed by atoms with Gasteiger partial charge in [0, 0.05) is 6.42 Å². The van der Waals surface area contributed by atoms with Crippen molar-refractivity contribution in [3.63, 3.8) is 0 Å². The molecular weight excluding hydrogens is 259 g/mol. The molecule has 0 spiro atoms. The predicted molar refractivity (Wildman–Crippen MR) is 65.1 cm³/mol. The highest BCUT2D eigenvalue weighted by Crippen LogP contribution is 2.52. The standard InChI is InChI=1S/C11H19O6P/c1-3-15-18(14,16-4-2)17-10-8-6-5-7-9(10)11(12)13/h3-8H2,1-2H3,(H,12,13). The molecule has 18 heavy (non-hydrogen) atoms. The number of carboxylic acid groups (broad SMARTS) is 1. The van der Waals surface area contributed by atoms with E-state index >= 15 is 0 Å². The summed E-state index contributed by atoms with van der Waals surface area (Å²) >= 11 is 0. The van der Waals surface area contributed by atoms with E-state index in [4.69, 9.17) is 18.7 Å². The molecule has 0 aliphatic heterocycles. The molecule has 0 unspecified atom stereocenters. The quantitative estimate of drug-likeness (QED) is 0.720. The third-order valence-electron chi connectivity index (χ3n) is 2.47. The molecule has 104 valence electrons. The normalized spacial score (nSPS) is 16.8. The van der Waals surface area contributed by atoms with Crippen molar-refractivity contribution in [3.8, 4) is 0 Å². The van der Waals surface area contributed by atoms with E-state index in [0.29, 0.717) is 12.8 Å². The predicted octanol–water partition coefficient (Wildman–Crippen LogP) is 3.10. The van der Waals surface area contributed by atoms with Gasteiger partial charge in [-0.25, -0.2) is 9.36 Å². The summed E-state index contributed by atoms with van der Waals surface area (Å²) < 4.78 is 27.4. The molecule has 0 saturated carbocycles. The highest BCUT2D eigenvalue weighted by atomic mass is 31.2. The minimum absolute atomic E-state index is 0.167. The molecule has 1 aliphatic carbocycles. The van der Waals surface area contributed by atoms with Gasteiger partial charge in [-0.15, -0.1) is 0 Å². The van der Waals surface area contributed by atoms with Crippen molar-refractivity contribution in [2.75, 3.05) is 13.2 Å².